The molecule has 0 atom stereocenters. The third-order valence-corrected chi connectivity index (χ3v) is 5.00. The Morgan fingerprint density at radius 1 is 0.824 bits per heavy atom. The van der Waals surface area contributed by atoms with E-state index >= 15 is 0 Å². The Hall–Kier alpha value is -0.300. The first-order valence-electron chi connectivity index (χ1n) is 7.49. The van der Waals surface area contributed by atoms with E-state index in [9.17, 15) is 0 Å². The maximum atomic E-state index is 5.47. The summed E-state index contributed by atoms with van der Waals surface area (Å²) in [6.45, 7) is 2.15. The maximum Gasteiger partial charge on any atom is 0.0571 e. The molecule has 0 aromatic carbocycles. The first kappa shape index (κ1) is 13.1. The molecule has 98 valence electrons. The van der Waals surface area contributed by atoms with E-state index in [1.807, 2.05) is 7.11 Å². The number of methoxy groups -OCH3 is 1. The van der Waals surface area contributed by atoms with Gasteiger partial charge in [0.15, 0.2) is 0 Å². The van der Waals surface area contributed by atoms with Crippen molar-refractivity contribution >= 4 is 0 Å². The van der Waals surface area contributed by atoms with Crippen LogP contribution in [0.25, 0.3) is 0 Å². The van der Waals surface area contributed by atoms with Crippen LogP contribution in [0, 0.1) is 17.8 Å². The summed E-state index contributed by atoms with van der Waals surface area (Å²) in [5.74, 6) is 2.91. The fourth-order valence-electron chi connectivity index (χ4n) is 3.88. The monoisotopic (exact) mass is 236 g/mol. The summed E-state index contributed by atoms with van der Waals surface area (Å²) in [4.78, 5) is 0. The van der Waals surface area contributed by atoms with Crippen LogP contribution in [0.2, 0.25) is 0 Å². The van der Waals surface area contributed by atoms with Crippen LogP contribution in [0.5, 0.6) is 0 Å². The van der Waals surface area contributed by atoms with Crippen molar-refractivity contribution in [2.24, 2.45) is 17.8 Å². The molecule has 0 radical (unpaired) electrons. The second kappa shape index (κ2) is 6.58. The molecule has 0 aromatic rings. The molecular formula is C16H28O. The van der Waals surface area contributed by atoms with Gasteiger partial charge in [0.05, 0.1) is 6.10 Å². The van der Waals surface area contributed by atoms with Gasteiger partial charge in [-0.3, -0.25) is 0 Å². The molecule has 2 rings (SSSR count). The van der Waals surface area contributed by atoms with E-state index in [2.05, 4.69) is 19.1 Å². The molecule has 17 heavy (non-hydrogen) atoms. The molecular weight excluding hydrogens is 208 g/mol. The summed E-state index contributed by atoms with van der Waals surface area (Å²) in [6, 6.07) is 0. The van der Waals surface area contributed by atoms with Crippen molar-refractivity contribution in [2.75, 3.05) is 7.11 Å². The van der Waals surface area contributed by atoms with Gasteiger partial charge in [0.25, 0.3) is 0 Å². The predicted molar refractivity (Wildman–Crippen MR) is 73.0 cm³/mol. The second-order valence-electron chi connectivity index (χ2n) is 5.97. The van der Waals surface area contributed by atoms with Crippen LogP contribution in [0.4, 0.5) is 0 Å². The molecule has 2 aliphatic carbocycles. The van der Waals surface area contributed by atoms with Crippen molar-refractivity contribution in [1.29, 1.82) is 0 Å². The van der Waals surface area contributed by atoms with Gasteiger partial charge in [-0.25, -0.2) is 0 Å². The van der Waals surface area contributed by atoms with Gasteiger partial charge in [-0.2, -0.15) is 0 Å². The van der Waals surface area contributed by atoms with E-state index < -0.39 is 0 Å². The lowest BCUT2D eigenvalue weighted by Crippen LogP contribution is -2.27. The largest absolute Gasteiger partial charge is 0.381 e. The molecule has 0 aliphatic heterocycles. The van der Waals surface area contributed by atoms with Crippen molar-refractivity contribution in [2.45, 2.75) is 64.4 Å². The minimum absolute atomic E-state index is 0.561. The van der Waals surface area contributed by atoms with Gasteiger partial charge in [0.1, 0.15) is 0 Å². The lowest BCUT2D eigenvalue weighted by molar-refractivity contribution is 0.0405. The van der Waals surface area contributed by atoms with E-state index in [4.69, 9.17) is 4.74 Å². The highest BCUT2D eigenvalue weighted by atomic mass is 16.5. The molecule has 0 saturated heterocycles. The van der Waals surface area contributed by atoms with Gasteiger partial charge >= 0.3 is 0 Å². The summed E-state index contributed by atoms with van der Waals surface area (Å²) in [5, 5.41) is 0. The van der Waals surface area contributed by atoms with Gasteiger partial charge in [-0.05, 0) is 76.0 Å². The Labute approximate surface area is 107 Å². The fraction of sp³-hybridized carbons (Fsp3) is 0.875. The number of allylic oxidation sites excluding steroid dienone is 2. The van der Waals surface area contributed by atoms with Crippen LogP contribution in [0.1, 0.15) is 58.3 Å². The number of rotatable bonds is 3. The Kier molecular flexibility index (Phi) is 5.09. The van der Waals surface area contributed by atoms with Crippen molar-refractivity contribution in [3.8, 4) is 0 Å². The van der Waals surface area contributed by atoms with Crippen LogP contribution < -0.4 is 0 Å². The zero-order valence-corrected chi connectivity index (χ0v) is 11.5. The average Bonchev–Trinajstić information content (AvgIpc) is 2.40. The zero-order valence-electron chi connectivity index (χ0n) is 11.5. The molecule has 2 aliphatic rings. The molecule has 0 N–H and O–H groups in total. The van der Waals surface area contributed by atoms with Crippen LogP contribution in [0.3, 0.4) is 0 Å². The number of hydrogen-bond donors (Lipinski definition) is 0. The fourth-order valence-corrected chi connectivity index (χ4v) is 3.88. The summed E-state index contributed by atoms with van der Waals surface area (Å²) in [7, 11) is 1.87. The molecule has 0 heterocycles. The normalized spacial score (nSPS) is 39.6. The SMILES string of the molecule is C/C=C/C1CCC(C2CCC(OC)CC2)CC1. The summed E-state index contributed by atoms with van der Waals surface area (Å²) in [6.07, 6.45) is 16.4. The Morgan fingerprint density at radius 3 is 1.82 bits per heavy atom. The Bertz CT molecular complexity index is 230. The van der Waals surface area contributed by atoms with Crippen LogP contribution in [0.15, 0.2) is 12.2 Å². The van der Waals surface area contributed by atoms with E-state index in [1.54, 1.807) is 0 Å². The number of ether oxygens (including phenoxy) is 1. The van der Waals surface area contributed by atoms with Crippen molar-refractivity contribution < 1.29 is 4.74 Å². The molecule has 2 fully saturated rings. The third-order valence-electron chi connectivity index (χ3n) is 5.00. The topological polar surface area (TPSA) is 9.23 Å². The highest BCUT2D eigenvalue weighted by Gasteiger charge is 2.30. The highest BCUT2D eigenvalue weighted by Crippen LogP contribution is 2.40. The van der Waals surface area contributed by atoms with Gasteiger partial charge in [0.2, 0.25) is 0 Å². The second-order valence-corrected chi connectivity index (χ2v) is 5.97. The van der Waals surface area contributed by atoms with Gasteiger partial charge in [-0.15, -0.1) is 0 Å². The Morgan fingerprint density at radius 2 is 1.35 bits per heavy atom. The maximum absolute atomic E-state index is 5.47. The molecule has 0 spiro atoms. The van der Waals surface area contributed by atoms with Crippen LogP contribution in [-0.4, -0.2) is 13.2 Å². The summed E-state index contributed by atoms with van der Waals surface area (Å²) >= 11 is 0. The molecule has 0 bridgehead atoms. The minimum atomic E-state index is 0.561. The lowest BCUT2D eigenvalue weighted by atomic mass is 9.70. The summed E-state index contributed by atoms with van der Waals surface area (Å²) in [5.41, 5.74) is 0. The zero-order chi connectivity index (χ0) is 12.1. The first-order chi connectivity index (χ1) is 8.33. The highest BCUT2D eigenvalue weighted by molar-refractivity contribution is 4.90. The average molecular weight is 236 g/mol. The standard InChI is InChI=1S/C16H28O/c1-3-4-13-5-7-14(8-6-13)15-9-11-16(17-2)12-10-15/h3-4,13-16H,5-12H2,1-2H3/b4-3+. The molecule has 0 unspecified atom stereocenters. The van der Waals surface area contributed by atoms with Gasteiger partial charge in [0, 0.05) is 7.11 Å². The first-order valence-corrected chi connectivity index (χ1v) is 7.49. The predicted octanol–water partition coefficient (Wildman–Crippen LogP) is 4.57. The minimum Gasteiger partial charge on any atom is -0.381 e. The quantitative estimate of drug-likeness (QED) is 0.652. The van der Waals surface area contributed by atoms with Crippen LogP contribution >= 0.6 is 0 Å². The molecule has 0 aromatic heterocycles. The van der Waals surface area contributed by atoms with E-state index in [0.717, 1.165) is 17.8 Å². The molecule has 2 saturated carbocycles. The van der Waals surface area contributed by atoms with Crippen LogP contribution in [-0.2, 0) is 4.74 Å². The molecule has 1 heteroatoms. The number of hydrogen-bond acceptors (Lipinski definition) is 1. The molecule has 1 nitrogen and oxygen atoms in total. The van der Waals surface area contributed by atoms with Crippen molar-refractivity contribution in [3.63, 3.8) is 0 Å². The molecule has 0 amide bonds. The lowest BCUT2D eigenvalue weighted by Gasteiger charge is -2.37. The summed E-state index contributed by atoms with van der Waals surface area (Å²) < 4.78 is 5.47. The third kappa shape index (κ3) is 3.58. The van der Waals surface area contributed by atoms with E-state index in [1.165, 1.54) is 51.4 Å². The van der Waals surface area contributed by atoms with E-state index in [0.29, 0.717) is 6.10 Å². The van der Waals surface area contributed by atoms with Crippen molar-refractivity contribution in [3.05, 3.63) is 12.2 Å². The van der Waals surface area contributed by atoms with E-state index in [-0.39, 0.29) is 0 Å². The van der Waals surface area contributed by atoms with Gasteiger partial charge < -0.3 is 4.74 Å². The van der Waals surface area contributed by atoms with Crippen molar-refractivity contribution in [1.82, 2.24) is 0 Å². The smallest absolute Gasteiger partial charge is 0.0571 e. The van der Waals surface area contributed by atoms with Gasteiger partial charge in [-0.1, -0.05) is 12.2 Å². The Balaban J connectivity index is 1.74.